The largest absolute Gasteiger partial charge is 0.368 e. The topological polar surface area (TPSA) is 60.9 Å². The third-order valence-corrected chi connectivity index (χ3v) is 8.56. The molecule has 2 aliphatic rings. The summed E-state index contributed by atoms with van der Waals surface area (Å²) in [5.74, 6) is -0.307. The lowest BCUT2D eigenvalue weighted by molar-refractivity contribution is -0.137. The summed E-state index contributed by atoms with van der Waals surface area (Å²) < 4.78 is 26.0. The minimum absolute atomic E-state index is 0.0184. The zero-order valence-corrected chi connectivity index (χ0v) is 21.1. The summed E-state index contributed by atoms with van der Waals surface area (Å²) in [5, 5.41) is 0.707. The van der Waals surface area contributed by atoms with Crippen LogP contribution in [0.5, 0.6) is 0 Å². The van der Waals surface area contributed by atoms with Crippen LogP contribution in [-0.2, 0) is 14.8 Å². The highest BCUT2D eigenvalue weighted by atomic mass is 35.5. The number of aryl methyl sites for hydroxylation is 2. The van der Waals surface area contributed by atoms with E-state index in [4.69, 9.17) is 11.6 Å². The van der Waals surface area contributed by atoms with Gasteiger partial charge in [0.2, 0.25) is 15.9 Å². The Morgan fingerprint density at radius 1 is 0.970 bits per heavy atom. The Morgan fingerprint density at radius 3 is 2.33 bits per heavy atom. The summed E-state index contributed by atoms with van der Waals surface area (Å²) in [4.78, 5) is 17.9. The number of halogens is 1. The maximum Gasteiger partial charge on any atom is 0.227 e. The number of sulfonamides is 1. The SMILES string of the molecule is Cc1ccccc1C1CCN(S(C)(=O)=O)CC1C(=O)N1CCN(c2cc(Cl)ccc2C)CC1. The second kappa shape index (κ2) is 9.65. The molecule has 6 nitrogen and oxygen atoms in total. The van der Waals surface area contributed by atoms with Crippen LogP contribution in [0.15, 0.2) is 42.5 Å². The van der Waals surface area contributed by atoms with Crippen molar-refractivity contribution in [3.63, 3.8) is 0 Å². The molecule has 178 valence electrons. The maximum atomic E-state index is 13.7. The van der Waals surface area contributed by atoms with Crippen LogP contribution in [0, 0.1) is 19.8 Å². The fraction of sp³-hybridized carbons (Fsp3) is 0.480. The lowest BCUT2D eigenvalue weighted by Crippen LogP contribution is -2.54. The zero-order chi connectivity index (χ0) is 23.8. The Balaban J connectivity index is 1.53. The molecule has 8 heteroatoms. The molecule has 0 N–H and O–H groups in total. The van der Waals surface area contributed by atoms with Crippen molar-refractivity contribution in [2.45, 2.75) is 26.2 Å². The Kier molecular flexibility index (Phi) is 7.03. The first-order chi connectivity index (χ1) is 15.6. The number of carbonyl (C=O) groups is 1. The van der Waals surface area contributed by atoms with Gasteiger partial charge in [-0.25, -0.2) is 12.7 Å². The monoisotopic (exact) mass is 489 g/mol. The van der Waals surface area contributed by atoms with Crippen LogP contribution in [0.25, 0.3) is 0 Å². The molecule has 33 heavy (non-hydrogen) atoms. The van der Waals surface area contributed by atoms with Gasteiger partial charge in [-0.15, -0.1) is 0 Å². The molecule has 0 aromatic heterocycles. The Hall–Kier alpha value is -2.09. The second-order valence-electron chi connectivity index (χ2n) is 9.22. The normalized spacial score (nSPS) is 22.4. The predicted molar refractivity (Wildman–Crippen MR) is 133 cm³/mol. The molecule has 0 bridgehead atoms. The van der Waals surface area contributed by atoms with Crippen molar-refractivity contribution in [3.05, 3.63) is 64.2 Å². The Labute approximate surface area is 202 Å². The molecule has 2 unspecified atom stereocenters. The molecule has 0 radical (unpaired) electrons. The smallest absolute Gasteiger partial charge is 0.227 e. The highest BCUT2D eigenvalue weighted by molar-refractivity contribution is 7.88. The van der Waals surface area contributed by atoms with Gasteiger partial charge in [0.05, 0.1) is 12.2 Å². The number of anilines is 1. The molecule has 2 aliphatic heterocycles. The van der Waals surface area contributed by atoms with Crippen LogP contribution in [0.3, 0.4) is 0 Å². The highest BCUT2D eigenvalue weighted by Gasteiger charge is 2.40. The third-order valence-electron chi connectivity index (χ3n) is 7.05. The molecule has 2 saturated heterocycles. The van der Waals surface area contributed by atoms with Gasteiger partial charge in [-0.3, -0.25) is 4.79 Å². The van der Waals surface area contributed by atoms with Crippen LogP contribution < -0.4 is 4.90 Å². The van der Waals surface area contributed by atoms with Crippen LogP contribution >= 0.6 is 11.6 Å². The van der Waals surface area contributed by atoms with E-state index >= 15 is 0 Å². The van der Waals surface area contributed by atoms with Crippen LogP contribution in [0.4, 0.5) is 5.69 Å². The average molecular weight is 490 g/mol. The van der Waals surface area contributed by atoms with Gasteiger partial charge in [0.15, 0.2) is 0 Å². The molecule has 2 fully saturated rings. The molecular weight excluding hydrogens is 458 g/mol. The number of piperazine rings is 1. The summed E-state index contributed by atoms with van der Waals surface area (Å²) in [6.45, 7) is 7.49. The number of carbonyl (C=O) groups excluding carboxylic acids is 1. The molecule has 1 amide bonds. The van der Waals surface area contributed by atoms with Crippen molar-refractivity contribution in [3.8, 4) is 0 Å². The minimum atomic E-state index is -3.35. The van der Waals surface area contributed by atoms with E-state index in [1.165, 1.54) is 10.6 Å². The lowest BCUT2D eigenvalue weighted by atomic mass is 9.78. The van der Waals surface area contributed by atoms with E-state index in [1.54, 1.807) is 0 Å². The summed E-state index contributed by atoms with van der Waals surface area (Å²) >= 11 is 6.21. The number of rotatable bonds is 4. The van der Waals surface area contributed by atoms with Gasteiger partial charge < -0.3 is 9.80 Å². The average Bonchev–Trinajstić information content (AvgIpc) is 2.80. The van der Waals surface area contributed by atoms with Gasteiger partial charge in [-0.1, -0.05) is 41.9 Å². The van der Waals surface area contributed by atoms with E-state index in [9.17, 15) is 13.2 Å². The van der Waals surface area contributed by atoms with Gasteiger partial charge in [0, 0.05) is 50.0 Å². The standard InChI is InChI=1S/C25H32ClN3O3S/c1-18-6-4-5-7-21(18)22-10-11-29(33(3,31)32)17-23(22)25(30)28-14-12-27(13-15-28)24-16-20(26)9-8-19(24)2/h4-9,16,22-23H,10-15,17H2,1-3H3. The van der Waals surface area contributed by atoms with Crippen molar-refractivity contribution in [1.82, 2.24) is 9.21 Å². The van der Waals surface area contributed by atoms with Crippen molar-refractivity contribution >= 4 is 33.2 Å². The molecule has 2 aromatic carbocycles. The Bertz CT molecular complexity index is 1130. The van der Waals surface area contributed by atoms with Crippen molar-refractivity contribution in [2.75, 3.05) is 50.4 Å². The molecule has 0 spiro atoms. The van der Waals surface area contributed by atoms with Crippen LogP contribution in [-0.4, -0.2) is 69.1 Å². The predicted octanol–water partition coefficient (Wildman–Crippen LogP) is 3.67. The van der Waals surface area contributed by atoms with Crippen molar-refractivity contribution < 1.29 is 13.2 Å². The number of piperidine rings is 1. The maximum absolute atomic E-state index is 13.7. The molecule has 2 atom stereocenters. The van der Waals surface area contributed by atoms with Gasteiger partial charge in [0.25, 0.3) is 0 Å². The van der Waals surface area contributed by atoms with Gasteiger partial charge in [-0.05, 0) is 55.0 Å². The number of nitrogens with zero attached hydrogens (tertiary/aromatic N) is 3. The van der Waals surface area contributed by atoms with E-state index in [2.05, 4.69) is 30.9 Å². The number of hydrogen-bond acceptors (Lipinski definition) is 4. The molecule has 2 aromatic rings. The van der Waals surface area contributed by atoms with Crippen molar-refractivity contribution in [2.24, 2.45) is 5.92 Å². The molecule has 2 heterocycles. The summed E-state index contributed by atoms with van der Waals surface area (Å²) in [6, 6.07) is 14.0. The fourth-order valence-electron chi connectivity index (χ4n) is 5.17. The van der Waals surface area contributed by atoms with Gasteiger partial charge in [-0.2, -0.15) is 0 Å². The highest BCUT2D eigenvalue weighted by Crippen LogP contribution is 2.37. The number of benzene rings is 2. The summed E-state index contributed by atoms with van der Waals surface area (Å²) in [7, 11) is -3.35. The first-order valence-corrected chi connectivity index (χ1v) is 13.7. The third kappa shape index (κ3) is 5.20. The number of amides is 1. The van der Waals surface area contributed by atoms with E-state index in [0.29, 0.717) is 31.1 Å². The van der Waals surface area contributed by atoms with E-state index in [-0.39, 0.29) is 24.3 Å². The lowest BCUT2D eigenvalue weighted by Gasteiger charge is -2.42. The van der Waals surface area contributed by atoms with E-state index < -0.39 is 10.0 Å². The van der Waals surface area contributed by atoms with Crippen LogP contribution in [0.1, 0.15) is 29.0 Å². The molecule has 4 rings (SSSR count). The minimum Gasteiger partial charge on any atom is -0.368 e. The summed E-state index contributed by atoms with van der Waals surface area (Å²) in [5.41, 5.74) is 4.56. The van der Waals surface area contributed by atoms with Gasteiger partial charge in [0.1, 0.15) is 0 Å². The molecule has 0 aliphatic carbocycles. The first-order valence-electron chi connectivity index (χ1n) is 11.5. The number of hydrogen-bond donors (Lipinski definition) is 0. The second-order valence-corrected chi connectivity index (χ2v) is 11.6. The Morgan fingerprint density at radius 2 is 1.67 bits per heavy atom. The first kappa shape index (κ1) is 24.0. The zero-order valence-electron chi connectivity index (χ0n) is 19.5. The quantitative estimate of drug-likeness (QED) is 0.657. The van der Waals surface area contributed by atoms with E-state index in [1.807, 2.05) is 35.2 Å². The van der Waals surface area contributed by atoms with E-state index in [0.717, 1.165) is 35.5 Å². The van der Waals surface area contributed by atoms with Crippen LogP contribution in [0.2, 0.25) is 5.02 Å². The summed E-state index contributed by atoms with van der Waals surface area (Å²) in [6.07, 6.45) is 1.88. The van der Waals surface area contributed by atoms with Crippen molar-refractivity contribution in [1.29, 1.82) is 0 Å². The van der Waals surface area contributed by atoms with Gasteiger partial charge >= 0.3 is 0 Å². The molecule has 0 saturated carbocycles. The molecular formula is C25H32ClN3O3S. The fourth-order valence-corrected chi connectivity index (χ4v) is 6.21.